The van der Waals surface area contributed by atoms with Gasteiger partial charge in [-0.2, -0.15) is 18.4 Å². The Hall–Kier alpha value is -1.74. The number of piperidine rings is 3. The highest BCUT2D eigenvalue weighted by molar-refractivity contribution is 5.53. The molecule has 3 fully saturated rings. The summed E-state index contributed by atoms with van der Waals surface area (Å²) in [7, 11) is 0. The smallest absolute Gasteiger partial charge is 0.381 e. The van der Waals surface area contributed by atoms with Gasteiger partial charge in [-0.3, -0.25) is 0 Å². The molecule has 0 radical (unpaired) electrons. The van der Waals surface area contributed by atoms with Crippen LogP contribution in [0.1, 0.15) is 24.0 Å². The zero-order valence-corrected chi connectivity index (χ0v) is 11.5. The number of anilines is 1. The molecular formula is C15H16F3N3. The Labute approximate surface area is 121 Å². The number of hydrogen-bond acceptors (Lipinski definition) is 3. The largest absolute Gasteiger partial charge is 0.417 e. The summed E-state index contributed by atoms with van der Waals surface area (Å²) < 4.78 is 38.9. The number of hydrogen-bond donors (Lipinski definition) is 1. The number of nitrogens with one attached hydrogen (secondary N) is 1. The van der Waals surface area contributed by atoms with Crippen LogP contribution in [0.2, 0.25) is 0 Å². The van der Waals surface area contributed by atoms with E-state index in [0.717, 1.165) is 38.5 Å². The van der Waals surface area contributed by atoms with Crippen molar-refractivity contribution in [3.8, 4) is 6.07 Å². The highest BCUT2D eigenvalue weighted by Gasteiger charge is 2.36. The van der Waals surface area contributed by atoms with Gasteiger partial charge in [-0.1, -0.05) is 0 Å². The molecule has 6 heteroatoms. The molecule has 1 N–H and O–H groups in total. The molecule has 1 unspecified atom stereocenters. The number of rotatable bonds is 2. The van der Waals surface area contributed by atoms with Gasteiger partial charge in [0.05, 0.1) is 17.2 Å². The Kier molecular flexibility index (Phi) is 3.54. The summed E-state index contributed by atoms with van der Waals surface area (Å²) in [5.41, 5.74) is -0.752. The lowest BCUT2D eigenvalue weighted by atomic mass is 9.84. The van der Waals surface area contributed by atoms with E-state index in [0.29, 0.717) is 11.6 Å². The zero-order chi connectivity index (χ0) is 15.0. The number of alkyl halides is 3. The van der Waals surface area contributed by atoms with Gasteiger partial charge < -0.3 is 10.2 Å². The van der Waals surface area contributed by atoms with Gasteiger partial charge >= 0.3 is 6.18 Å². The molecule has 0 spiro atoms. The summed E-state index contributed by atoms with van der Waals surface area (Å²) in [5, 5.41) is 12.0. The lowest BCUT2D eigenvalue weighted by molar-refractivity contribution is -0.137. The molecule has 4 rings (SSSR count). The molecule has 3 aliphatic heterocycles. The molecule has 0 amide bonds. The summed E-state index contributed by atoms with van der Waals surface area (Å²) in [5.74, 6) is 0.528. The molecule has 21 heavy (non-hydrogen) atoms. The van der Waals surface area contributed by atoms with Crippen molar-refractivity contribution in [1.29, 1.82) is 5.26 Å². The van der Waals surface area contributed by atoms with Crippen LogP contribution in [0.3, 0.4) is 0 Å². The third-order valence-corrected chi connectivity index (χ3v) is 4.45. The Morgan fingerprint density at radius 2 is 1.95 bits per heavy atom. The van der Waals surface area contributed by atoms with Crippen molar-refractivity contribution < 1.29 is 13.2 Å². The molecule has 112 valence electrons. The molecule has 2 bridgehead atoms. The fourth-order valence-corrected chi connectivity index (χ4v) is 3.31. The summed E-state index contributed by atoms with van der Waals surface area (Å²) in [6.45, 7) is 3.06. The molecule has 0 aromatic heterocycles. The standard InChI is InChI=1S/C15H16F3N3/c16-15(17,18)13-7-12(2-1-11(13)8-19)20-14-9-21-5-3-10(14)4-6-21/h1-2,7,10,14,20H,3-6,9H2. The number of fused-ring (bicyclic) bond motifs is 3. The van der Waals surface area contributed by atoms with E-state index in [2.05, 4.69) is 10.2 Å². The molecule has 1 aromatic rings. The summed E-state index contributed by atoms with van der Waals surface area (Å²) in [6.07, 6.45) is -2.31. The third kappa shape index (κ3) is 2.84. The fourth-order valence-electron chi connectivity index (χ4n) is 3.31. The molecule has 3 nitrogen and oxygen atoms in total. The van der Waals surface area contributed by atoms with Crippen LogP contribution in [0.4, 0.5) is 18.9 Å². The molecule has 0 saturated carbocycles. The molecule has 3 heterocycles. The molecule has 3 aliphatic rings. The van der Waals surface area contributed by atoms with Gasteiger partial charge in [-0.15, -0.1) is 0 Å². The Morgan fingerprint density at radius 1 is 1.24 bits per heavy atom. The number of nitrogens with zero attached hydrogens (tertiary/aromatic N) is 2. The quantitative estimate of drug-likeness (QED) is 0.911. The summed E-state index contributed by atoms with van der Waals surface area (Å²) in [4.78, 5) is 2.34. The fraction of sp³-hybridized carbons (Fsp3) is 0.533. The minimum absolute atomic E-state index is 0.196. The first-order chi connectivity index (χ1) is 9.97. The highest BCUT2D eigenvalue weighted by Crippen LogP contribution is 2.35. The maximum atomic E-state index is 13.0. The van der Waals surface area contributed by atoms with Gasteiger partial charge in [-0.05, 0) is 50.0 Å². The van der Waals surface area contributed by atoms with Crippen molar-refractivity contribution in [3.05, 3.63) is 29.3 Å². The van der Waals surface area contributed by atoms with Gasteiger partial charge in [0.15, 0.2) is 0 Å². The van der Waals surface area contributed by atoms with Crippen LogP contribution in [0.15, 0.2) is 18.2 Å². The van der Waals surface area contributed by atoms with Crippen LogP contribution < -0.4 is 5.32 Å². The molecule has 0 aliphatic carbocycles. The van der Waals surface area contributed by atoms with E-state index >= 15 is 0 Å². The van der Waals surface area contributed by atoms with Gasteiger partial charge in [0, 0.05) is 18.3 Å². The van der Waals surface area contributed by atoms with Gasteiger partial charge in [0.2, 0.25) is 0 Å². The Morgan fingerprint density at radius 3 is 2.48 bits per heavy atom. The second-order valence-electron chi connectivity index (χ2n) is 5.76. The second-order valence-corrected chi connectivity index (χ2v) is 5.76. The molecule has 3 saturated heterocycles. The second kappa shape index (κ2) is 5.23. The van der Waals surface area contributed by atoms with E-state index in [-0.39, 0.29) is 11.6 Å². The van der Waals surface area contributed by atoms with Crippen LogP contribution in [-0.2, 0) is 6.18 Å². The minimum atomic E-state index is -4.50. The number of benzene rings is 1. The topological polar surface area (TPSA) is 39.1 Å². The lowest BCUT2D eigenvalue weighted by Gasteiger charge is -2.45. The van der Waals surface area contributed by atoms with Crippen LogP contribution in [-0.4, -0.2) is 30.6 Å². The van der Waals surface area contributed by atoms with Gasteiger partial charge in [-0.25, -0.2) is 0 Å². The predicted octanol–water partition coefficient (Wildman–Crippen LogP) is 3.08. The lowest BCUT2D eigenvalue weighted by Crippen LogP contribution is -2.53. The molecular weight excluding hydrogens is 279 g/mol. The van der Waals surface area contributed by atoms with E-state index < -0.39 is 11.7 Å². The summed E-state index contributed by atoms with van der Waals surface area (Å²) >= 11 is 0. The average Bonchev–Trinajstić information content (AvgIpc) is 2.47. The number of halogens is 3. The van der Waals surface area contributed by atoms with E-state index in [4.69, 9.17) is 5.26 Å². The van der Waals surface area contributed by atoms with Crippen LogP contribution in [0.25, 0.3) is 0 Å². The third-order valence-electron chi connectivity index (χ3n) is 4.45. The predicted molar refractivity (Wildman–Crippen MR) is 72.7 cm³/mol. The summed E-state index contributed by atoms with van der Waals surface area (Å²) in [6, 6.07) is 5.66. The SMILES string of the molecule is N#Cc1ccc(NC2CN3CCC2CC3)cc1C(F)(F)F. The van der Waals surface area contributed by atoms with Crippen molar-refractivity contribution in [2.24, 2.45) is 5.92 Å². The maximum absolute atomic E-state index is 13.0. The van der Waals surface area contributed by atoms with Gasteiger partial charge in [0.1, 0.15) is 0 Å². The van der Waals surface area contributed by atoms with Crippen molar-refractivity contribution in [2.45, 2.75) is 25.1 Å². The minimum Gasteiger partial charge on any atom is -0.381 e. The van der Waals surface area contributed by atoms with Crippen LogP contribution in [0.5, 0.6) is 0 Å². The Balaban J connectivity index is 1.82. The van der Waals surface area contributed by atoms with Crippen molar-refractivity contribution in [2.75, 3.05) is 25.0 Å². The first kappa shape index (κ1) is 14.2. The molecule has 1 atom stereocenters. The highest BCUT2D eigenvalue weighted by atomic mass is 19.4. The zero-order valence-electron chi connectivity index (χ0n) is 11.5. The van der Waals surface area contributed by atoms with Crippen molar-refractivity contribution >= 4 is 5.69 Å². The van der Waals surface area contributed by atoms with Crippen molar-refractivity contribution in [1.82, 2.24) is 4.90 Å². The van der Waals surface area contributed by atoms with E-state index in [1.807, 2.05) is 0 Å². The van der Waals surface area contributed by atoms with Gasteiger partial charge in [0.25, 0.3) is 0 Å². The molecule has 1 aromatic carbocycles. The maximum Gasteiger partial charge on any atom is 0.417 e. The average molecular weight is 295 g/mol. The normalized spacial score (nSPS) is 28.2. The van der Waals surface area contributed by atoms with Crippen LogP contribution in [0, 0.1) is 17.2 Å². The first-order valence-corrected chi connectivity index (χ1v) is 7.07. The Bertz CT molecular complexity index is 569. The number of nitriles is 1. The van der Waals surface area contributed by atoms with Crippen molar-refractivity contribution in [3.63, 3.8) is 0 Å². The van der Waals surface area contributed by atoms with E-state index in [9.17, 15) is 13.2 Å². The van der Waals surface area contributed by atoms with E-state index in [1.54, 1.807) is 12.1 Å². The van der Waals surface area contributed by atoms with E-state index in [1.165, 1.54) is 6.07 Å². The first-order valence-electron chi connectivity index (χ1n) is 7.07. The van der Waals surface area contributed by atoms with Crippen LogP contribution >= 0.6 is 0 Å². The monoisotopic (exact) mass is 295 g/mol.